The summed E-state index contributed by atoms with van der Waals surface area (Å²) in [5.41, 5.74) is 3.64. The standard InChI is InChI=1S/C26H27N3O4/c1-3-32-24-14-20(7-9-23(24)33-16-18-10-12-27-13-11-18)26(31)29-22-15-21(8-4-17(22)2)28-25(30)19-5-6-19/h4,7-15,19H,3,5-6,16H2,1-2H3,(H,28,30)(H,29,31). The molecule has 170 valence electrons. The molecule has 0 bridgehead atoms. The van der Waals surface area contributed by atoms with Gasteiger partial charge in [-0.25, -0.2) is 0 Å². The van der Waals surface area contributed by atoms with Crippen molar-refractivity contribution in [1.82, 2.24) is 4.98 Å². The normalized spacial score (nSPS) is 12.7. The molecule has 1 heterocycles. The number of anilines is 2. The van der Waals surface area contributed by atoms with Crippen molar-refractivity contribution in [1.29, 1.82) is 0 Å². The number of ether oxygens (including phenoxy) is 2. The molecule has 0 atom stereocenters. The van der Waals surface area contributed by atoms with Crippen molar-refractivity contribution >= 4 is 23.2 Å². The molecule has 2 amide bonds. The Labute approximate surface area is 193 Å². The zero-order valence-electron chi connectivity index (χ0n) is 18.8. The maximum absolute atomic E-state index is 13.0. The zero-order valence-corrected chi connectivity index (χ0v) is 18.8. The topological polar surface area (TPSA) is 89.6 Å². The molecule has 4 rings (SSSR count). The van der Waals surface area contributed by atoms with Crippen LogP contribution in [0.4, 0.5) is 11.4 Å². The fourth-order valence-corrected chi connectivity index (χ4v) is 3.30. The summed E-state index contributed by atoms with van der Waals surface area (Å²) in [6, 6.07) is 14.4. The van der Waals surface area contributed by atoms with Crippen LogP contribution in [0.25, 0.3) is 0 Å². The Morgan fingerprint density at radius 3 is 2.48 bits per heavy atom. The smallest absolute Gasteiger partial charge is 0.255 e. The summed E-state index contributed by atoms with van der Waals surface area (Å²) in [5.74, 6) is 0.929. The molecule has 1 fully saturated rings. The van der Waals surface area contributed by atoms with Gasteiger partial charge in [0.15, 0.2) is 11.5 Å². The Morgan fingerprint density at radius 2 is 1.76 bits per heavy atom. The Balaban J connectivity index is 1.47. The van der Waals surface area contributed by atoms with Gasteiger partial charge in [0.05, 0.1) is 6.61 Å². The van der Waals surface area contributed by atoms with E-state index in [1.54, 1.807) is 36.7 Å². The third-order valence-electron chi connectivity index (χ3n) is 5.35. The molecule has 2 N–H and O–H groups in total. The lowest BCUT2D eigenvalue weighted by atomic mass is 10.1. The highest BCUT2D eigenvalue weighted by molar-refractivity contribution is 6.05. The van der Waals surface area contributed by atoms with Gasteiger partial charge in [0.1, 0.15) is 6.61 Å². The predicted molar refractivity (Wildman–Crippen MR) is 127 cm³/mol. The number of aryl methyl sites for hydroxylation is 1. The molecule has 1 aliphatic carbocycles. The molecule has 1 saturated carbocycles. The minimum Gasteiger partial charge on any atom is -0.490 e. The van der Waals surface area contributed by atoms with Crippen LogP contribution in [0, 0.1) is 12.8 Å². The highest BCUT2D eigenvalue weighted by Gasteiger charge is 2.29. The largest absolute Gasteiger partial charge is 0.490 e. The van der Waals surface area contributed by atoms with Crippen molar-refractivity contribution in [2.75, 3.05) is 17.2 Å². The van der Waals surface area contributed by atoms with Crippen molar-refractivity contribution in [3.05, 3.63) is 77.6 Å². The third kappa shape index (κ3) is 5.88. The van der Waals surface area contributed by atoms with Crippen LogP contribution in [0.1, 0.15) is 41.3 Å². The zero-order chi connectivity index (χ0) is 23.2. The Kier molecular flexibility index (Phi) is 6.88. The maximum atomic E-state index is 13.0. The van der Waals surface area contributed by atoms with Crippen LogP contribution in [0.5, 0.6) is 11.5 Å². The van der Waals surface area contributed by atoms with Gasteiger partial charge in [-0.1, -0.05) is 6.07 Å². The second kappa shape index (κ2) is 10.2. The average molecular weight is 446 g/mol. The van der Waals surface area contributed by atoms with E-state index in [4.69, 9.17) is 9.47 Å². The van der Waals surface area contributed by atoms with E-state index < -0.39 is 0 Å². The Hall–Kier alpha value is -3.87. The van der Waals surface area contributed by atoms with Crippen LogP contribution < -0.4 is 20.1 Å². The third-order valence-corrected chi connectivity index (χ3v) is 5.35. The highest BCUT2D eigenvalue weighted by Crippen LogP contribution is 2.32. The number of hydrogen-bond acceptors (Lipinski definition) is 5. The van der Waals surface area contributed by atoms with Gasteiger partial charge in [-0.3, -0.25) is 14.6 Å². The number of pyridine rings is 1. The fraction of sp³-hybridized carbons (Fsp3) is 0.269. The summed E-state index contributed by atoms with van der Waals surface area (Å²) in [6.45, 7) is 4.60. The number of rotatable bonds is 9. The van der Waals surface area contributed by atoms with E-state index in [0.717, 1.165) is 24.0 Å². The molecule has 1 aromatic heterocycles. The van der Waals surface area contributed by atoms with E-state index in [-0.39, 0.29) is 17.7 Å². The first-order chi connectivity index (χ1) is 16.0. The molecule has 3 aromatic rings. The summed E-state index contributed by atoms with van der Waals surface area (Å²) < 4.78 is 11.6. The Morgan fingerprint density at radius 1 is 0.970 bits per heavy atom. The highest BCUT2D eigenvalue weighted by atomic mass is 16.5. The van der Waals surface area contributed by atoms with Crippen molar-refractivity contribution in [2.24, 2.45) is 5.92 Å². The van der Waals surface area contributed by atoms with Gasteiger partial charge in [-0.05, 0) is 80.3 Å². The van der Waals surface area contributed by atoms with E-state index in [1.807, 2.05) is 38.1 Å². The van der Waals surface area contributed by atoms with Crippen LogP contribution >= 0.6 is 0 Å². The minimum atomic E-state index is -0.273. The predicted octanol–water partition coefficient (Wildman–Crippen LogP) is 4.97. The van der Waals surface area contributed by atoms with Crippen LogP contribution in [0.3, 0.4) is 0 Å². The van der Waals surface area contributed by atoms with E-state index in [9.17, 15) is 9.59 Å². The van der Waals surface area contributed by atoms with Crippen molar-refractivity contribution in [3.8, 4) is 11.5 Å². The lowest BCUT2D eigenvalue weighted by molar-refractivity contribution is -0.117. The summed E-state index contributed by atoms with van der Waals surface area (Å²) in [5, 5.41) is 5.85. The van der Waals surface area contributed by atoms with Crippen LogP contribution in [0.2, 0.25) is 0 Å². The van der Waals surface area contributed by atoms with Gasteiger partial charge in [0.25, 0.3) is 5.91 Å². The van der Waals surface area contributed by atoms with Gasteiger partial charge in [-0.15, -0.1) is 0 Å². The van der Waals surface area contributed by atoms with Crippen molar-refractivity contribution < 1.29 is 19.1 Å². The summed E-state index contributed by atoms with van der Waals surface area (Å²) >= 11 is 0. The number of carbonyl (C=O) groups excluding carboxylic acids is 2. The molecule has 0 radical (unpaired) electrons. The summed E-state index contributed by atoms with van der Waals surface area (Å²) in [7, 11) is 0. The first-order valence-electron chi connectivity index (χ1n) is 11.0. The SMILES string of the molecule is CCOc1cc(C(=O)Nc2cc(NC(=O)C3CC3)ccc2C)ccc1OCc1ccncc1. The maximum Gasteiger partial charge on any atom is 0.255 e. The van der Waals surface area contributed by atoms with E-state index in [0.29, 0.717) is 41.7 Å². The first kappa shape index (κ1) is 22.3. The monoisotopic (exact) mass is 445 g/mol. The molecule has 0 unspecified atom stereocenters. The first-order valence-corrected chi connectivity index (χ1v) is 11.0. The minimum absolute atomic E-state index is 0.0276. The van der Waals surface area contributed by atoms with Gasteiger partial charge in [-0.2, -0.15) is 0 Å². The van der Waals surface area contributed by atoms with Gasteiger partial charge >= 0.3 is 0 Å². The number of aromatic nitrogens is 1. The van der Waals surface area contributed by atoms with Gasteiger partial charge < -0.3 is 20.1 Å². The average Bonchev–Trinajstić information content (AvgIpc) is 3.67. The molecular formula is C26H27N3O4. The molecule has 7 heteroatoms. The molecular weight excluding hydrogens is 418 g/mol. The number of nitrogens with one attached hydrogen (secondary N) is 2. The second-order valence-electron chi connectivity index (χ2n) is 7.99. The molecule has 2 aromatic carbocycles. The quantitative estimate of drug-likeness (QED) is 0.485. The van der Waals surface area contributed by atoms with Crippen molar-refractivity contribution in [3.63, 3.8) is 0 Å². The van der Waals surface area contributed by atoms with Crippen LogP contribution in [0.15, 0.2) is 60.9 Å². The van der Waals surface area contributed by atoms with Gasteiger partial charge in [0, 0.05) is 35.2 Å². The molecule has 0 saturated heterocycles. The number of hydrogen-bond donors (Lipinski definition) is 2. The lowest BCUT2D eigenvalue weighted by Crippen LogP contribution is -2.15. The number of amides is 2. The molecule has 0 spiro atoms. The fourth-order valence-electron chi connectivity index (χ4n) is 3.30. The lowest BCUT2D eigenvalue weighted by Gasteiger charge is -2.15. The summed E-state index contributed by atoms with van der Waals surface area (Å²) in [6.07, 6.45) is 5.30. The van der Waals surface area contributed by atoms with Crippen LogP contribution in [-0.4, -0.2) is 23.4 Å². The Bertz CT molecular complexity index is 1140. The van der Waals surface area contributed by atoms with Crippen molar-refractivity contribution in [2.45, 2.75) is 33.3 Å². The van der Waals surface area contributed by atoms with Gasteiger partial charge in [0.2, 0.25) is 5.91 Å². The number of nitrogens with zero attached hydrogens (tertiary/aromatic N) is 1. The molecule has 7 nitrogen and oxygen atoms in total. The summed E-state index contributed by atoms with van der Waals surface area (Å²) in [4.78, 5) is 29.0. The van der Waals surface area contributed by atoms with E-state index in [2.05, 4.69) is 15.6 Å². The molecule has 33 heavy (non-hydrogen) atoms. The second-order valence-corrected chi connectivity index (χ2v) is 7.99. The van der Waals surface area contributed by atoms with E-state index in [1.165, 1.54) is 0 Å². The van der Waals surface area contributed by atoms with Crippen LogP contribution in [-0.2, 0) is 11.4 Å². The number of carbonyl (C=O) groups is 2. The number of benzene rings is 2. The molecule has 1 aliphatic rings. The molecule has 0 aliphatic heterocycles. The van der Waals surface area contributed by atoms with E-state index >= 15 is 0 Å².